The highest BCUT2D eigenvalue weighted by atomic mass is 32.2. The number of aromatic nitrogens is 4. The van der Waals surface area contributed by atoms with E-state index in [4.69, 9.17) is 0 Å². The van der Waals surface area contributed by atoms with Crippen LogP contribution in [-0.2, 0) is 23.2 Å². The van der Waals surface area contributed by atoms with Crippen molar-refractivity contribution in [2.24, 2.45) is 7.05 Å². The molecule has 1 aliphatic rings. The molecule has 1 fully saturated rings. The molecule has 0 N–H and O–H groups in total. The third-order valence-corrected chi connectivity index (χ3v) is 5.75. The lowest BCUT2D eigenvalue weighted by atomic mass is 10.3. The van der Waals surface area contributed by atoms with Crippen LogP contribution in [0.4, 0.5) is 19.0 Å². The van der Waals surface area contributed by atoms with Crippen LogP contribution < -0.4 is 4.90 Å². The summed E-state index contributed by atoms with van der Waals surface area (Å²) in [6, 6.07) is 0.864. The number of imidazole rings is 1. The van der Waals surface area contributed by atoms with E-state index in [2.05, 4.69) is 15.0 Å². The van der Waals surface area contributed by atoms with Gasteiger partial charge >= 0.3 is 6.18 Å². The molecule has 0 radical (unpaired) electrons. The molecule has 0 atom stereocenters. The van der Waals surface area contributed by atoms with Gasteiger partial charge in [0.2, 0.25) is 5.16 Å². The van der Waals surface area contributed by atoms with Crippen LogP contribution in [0.3, 0.4) is 0 Å². The summed E-state index contributed by atoms with van der Waals surface area (Å²) >= 11 is 0. The number of aryl methyl sites for hydroxylation is 1. The van der Waals surface area contributed by atoms with Crippen molar-refractivity contribution in [1.82, 2.24) is 23.8 Å². The van der Waals surface area contributed by atoms with E-state index in [1.807, 2.05) is 0 Å². The van der Waals surface area contributed by atoms with Gasteiger partial charge in [-0.15, -0.1) is 0 Å². The lowest BCUT2D eigenvalue weighted by Crippen LogP contribution is -2.49. The summed E-state index contributed by atoms with van der Waals surface area (Å²) < 4.78 is 66.0. The van der Waals surface area contributed by atoms with E-state index in [9.17, 15) is 21.6 Å². The van der Waals surface area contributed by atoms with Crippen LogP contribution in [0, 0.1) is 0 Å². The molecule has 1 aliphatic heterocycles. The van der Waals surface area contributed by atoms with E-state index >= 15 is 0 Å². The molecule has 0 aromatic carbocycles. The summed E-state index contributed by atoms with van der Waals surface area (Å²) in [6.45, 7) is 0.691. The molecule has 0 amide bonds. The fraction of sp³-hybridized carbons (Fsp3) is 0.462. The number of sulfonamides is 1. The molecule has 1 saturated heterocycles. The number of alkyl halides is 3. The molecule has 3 rings (SSSR count). The van der Waals surface area contributed by atoms with Crippen LogP contribution in [0.2, 0.25) is 0 Å². The molecule has 3 heterocycles. The Morgan fingerprint density at radius 1 is 1.08 bits per heavy atom. The number of halogens is 3. The number of piperazine rings is 1. The predicted octanol–water partition coefficient (Wildman–Crippen LogP) is 0.740. The molecule has 25 heavy (non-hydrogen) atoms. The van der Waals surface area contributed by atoms with Crippen molar-refractivity contribution in [3.05, 3.63) is 30.5 Å². The second-order valence-electron chi connectivity index (χ2n) is 5.47. The van der Waals surface area contributed by atoms with E-state index in [1.54, 1.807) is 11.9 Å². The molecule has 2 aromatic rings. The standard InChI is InChI=1S/C13H15F3N6O2S/c1-20-3-2-17-12(20)25(23,24)22-6-4-21(5-7-22)11-8-10(13(14,15)16)18-9-19-11/h2-3,8-9H,4-7H2,1H3. The van der Waals surface area contributed by atoms with E-state index in [0.29, 0.717) is 0 Å². The van der Waals surface area contributed by atoms with Gasteiger partial charge in [0.25, 0.3) is 10.0 Å². The van der Waals surface area contributed by atoms with Crippen molar-refractivity contribution < 1.29 is 21.6 Å². The second-order valence-corrected chi connectivity index (χ2v) is 7.30. The normalized spacial score (nSPS) is 17.0. The third kappa shape index (κ3) is 3.44. The highest BCUT2D eigenvalue weighted by molar-refractivity contribution is 7.89. The molecular weight excluding hydrogens is 361 g/mol. The number of hydrogen-bond donors (Lipinski definition) is 0. The third-order valence-electron chi connectivity index (χ3n) is 3.85. The van der Waals surface area contributed by atoms with Gasteiger partial charge in [-0.1, -0.05) is 0 Å². The monoisotopic (exact) mass is 376 g/mol. The number of anilines is 1. The summed E-state index contributed by atoms with van der Waals surface area (Å²) in [5, 5.41) is -0.0673. The maximum Gasteiger partial charge on any atom is 0.433 e. The SMILES string of the molecule is Cn1ccnc1S(=O)(=O)N1CCN(c2cc(C(F)(F)F)ncn2)CC1. The molecule has 12 heteroatoms. The van der Waals surface area contributed by atoms with Crippen molar-refractivity contribution in [2.75, 3.05) is 31.1 Å². The summed E-state index contributed by atoms with van der Waals surface area (Å²) in [5.41, 5.74) is -1.03. The van der Waals surface area contributed by atoms with Crippen LogP contribution in [0.15, 0.2) is 29.9 Å². The van der Waals surface area contributed by atoms with Crippen LogP contribution >= 0.6 is 0 Å². The lowest BCUT2D eigenvalue weighted by Gasteiger charge is -2.34. The molecule has 0 aliphatic carbocycles. The zero-order valence-electron chi connectivity index (χ0n) is 13.2. The first kappa shape index (κ1) is 17.6. The molecule has 2 aromatic heterocycles. The van der Waals surface area contributed by atoms with E-state index in [0.717, 1.165) is 12.4 Å². The Kier molecular flexibility index (Phi) is 4.41. The van der Waals surface area contributed by atoms with E-state index < -0.39 is 21.9 Å². The van der Waals surface area contributed by atoms with Crippen LogP contribution in [0.1, 0.15) is 5.69 Å². The Balaban J connectivity index is 1.74. The quantitative estimate of drug-likeness (QED) is 0.786. The van der Waals surface area contributed by atoms with Gasteiger partial charge in [0.1, 0.15) is 17.8 Å². The van der Waals surface area contributed by atoms with E-state index in [-0.39, 0.29) is 37.2 Å². The number of rotatable bonds is 3. The van der Waals surface area contributed by atoms with Gasteiger partial charge in [-0.2, -0.15) is 17.5 Å². The summed E-state index contributed by atoms with van der Waals surface area (Å²) in [7, 11) is -2.16. The van der Waals surface area contributed by atoms with Gasteiger partial charge in [0.05, 0.1) is 0 Å². The van der Waals surface area contributed by atoms with Gasteiger partial charge in [0.15, 0.2) is 0 Å². The van der Waals surface area contributed by atoms with E-state index in [1.165, 1.54) is 21.3 Å². The minimum Gasteiger partial charge on any atom is -0.354 e. The Bertz CT molecular complexity index is 859. The summed E-state index contributed by atoms with van der Waals surface area (Å²) in [4.78, 5) is 12.5. The topological polar surface area (TPSA) is 84.2 Å². The molecule has 0 unspecified atom stereocenters. The fourth-order valence-electron chi connectivity index (χ4n) is 2.55. The van der Waals surface area contributed by atoms with Gasteiger partial charge in [-0.25, -0.2) is 23.4 Å². The first-order valence-electron chi connectivity index (χ1n) is 7.31. The molecular formula is C13H15F3N6O2S. The van der Waals surface area contributed by atoms with Gasteiger partial charge in [-0.3, -0.25) is 0 Å². The fourth-order valence-corrected chi connectivity index (χ4v) is 4.04. The van der Waals surface area contributed by atoms with Crippen molar-refractivity contribution in [3.63, 3.8) is 0 Å². The maximum absolute atomic E-state index is 12.7. The van der Waals surface area contributed by atoms with Crippen LogP contribution in [-0.4, -0.2) is 58.4 Å². The Morgan fingerprint density at radius 2 is 1.76 bits per heavy atom. The first-order valence-corrected chi connectivity index (χ1v) is 8.75. The van der Waals surface area contributed by atoms with Crippen molar-refractivity contribution in [1.29, 1.82) is 0 Å². The molecule has 0 spiro atoms. The number of nitrogens with zero attached hydrogens (tertiary/aromatic N) is 6. The minimum atomic E-state index is -4.55. The first-order chi connectivity index (χ1) is 11.7. The Labute approximate surface area is 142 Å². The van der Waals surface area contributed by atoms with Crippen molar-refractivity contribution >= 4 is 15.8 Å². The molecule has 8 nitrogen and oxygen atoms in total. The molecule has 0 bridgehead atoms. The average Bonchev–Trinajstić information content (AvgIpc) is 3.01. The van der Waals surface area contributed by atoms with Crippen LogP contribution in [0.25, 0.3) is 0 Å². The van der Waals surface area contributed by atoms with Crippen molar-refractivity contribution in [2.45, 2.75) is 11.3 Å². The predicted molar refractivity (Wildman–Crippen MR) is 81.2 cm³/mol. The van der Waals surface area contributed by atoms with Gasteiger partial charge in [0, 0.05) is 51.7 Å². The largest absolute Gasteiger partial charge is 0.433 e. The second kappa shape index (κ2) is 6.26. The van der Waals surface area contributed by atoms with Crippen molar-refractivity contribution in [3.8, 4) is 0 Å². The lowest BCUT2D eigenvalue weighted by molar-refractivity contribution is -0.141. The highest BCUT2D eigenvalue weighted by Gasteiger charge is 2.35. The maximum atomic E-state index is 12.7. The van der Waals surface area contributed by atoms with Gasteiger partial charge < -0.3 is 9.47 Å². The Morgan fingerprint density at radius 3 is 2.32 bits per heavy atom. The smallest absolute Gasteiger partial charge is 0.354 e. The minimum absolute atomic E-state index is 0.0673. The number of hydrogen-bond acceptors (Lipinski definition) is 6. The highest BCUT2D eigenvalue weighted by Crippen LogP contribution is 2.29. The van der Waals surface area contributed by atoms with Gasteiger partial charge in [-0.05, 0) is 0 Å². The van der Waals surface area contributed by atoms with Crippen LogP contribution in [0.5, 0.6) is 0 Å². The average molecular weight is 376 g/mol. The molecule has 0 saturated carbocycles. The zero-order chi connectivity index (χ0) is 18.2. The zero-order valence-corrected chi connectivity index (χ0v) is 14.0. The Hall–Kier alpha value is -2.21. The molecule has 136 valence electrons. The summed E-state index contributed by atoms with van der Waals surface area (Å²) in [6.07, 6.45) is -0.776. The summed E-state index contributed by atoms with van der Waals surface area (Å²) in [5.74, 6) is 0.122.